The fourth-order valence-electron chi connectivity index (χ4n) is 1.72. The van der Waals surface area contributed by atoms with Gasteiger partial charge in [0.1, 0.15) is 12.6 Å². The van der Waals surface area contributed by atoms with Crippen LogP contribution in [0, 0.1) is 0 Å². The van der Waals surface area contributed by atoms with Crippen LogP contribution in [0.3, 0.4) is 0 Å². The molecule has 0 unspecified atom stereocenters. The minimum Gasteiger partial charge on any atom is -0.480 e. The highest BCUT2D eigenvalue weighted by molar-refractivity contribution is 6.76. The number of aliphatic carboxylic acids is 1. The van der Waals surface area contributed by atoms with Crippen molar-refractivity contribution in [2.45, 2.75) is 38.3 Å². The number of hydrogen-bond donors (Lipinski definition) is 2. The van der Waals surface area contributed by atoms with Crippen molar-refractivity contribution < 1.29 is 19.4 Å². The summed E-state index contributed by atoms with van der Waals surface area (Å²) in [6, 6.07) is 8.84. The molecule has 0 radical (unpaired) electrons. The molecule has 0 saturated heterocycles. The molecule has 0 saturated carbocycles. The molecular formula is C14H21NO4Si. The van der Waals surface area contributed by atoms with E-state index in [4.69, 9.17) is 9.84 Å². The summed E-state index contributed by atoms with van der Waals surface area (Å²) in [5, 5.41) is 11.5. The second kappa shape index (κ2) is 7.09. The Morgan fingerprint density at radius 1 is 1.25 bits per heavy atom. The summed E-state index contributed by atoms with van der Waals surface area (Å²) in [5.41, 5.74) is 0.861. The Kier molecular flexibility index (Phi) is 5.76. The molecule has 0 heterocycles. The lowest BCUT2D eigenvalue weighted by Gasteiger charge is -2.22. The number of ether oxygens (including phenoxy) is 1. The third-order valence-electron chi connectivity index (χ3n) is 2.62. The maximum Gasteiger partial charge on any atom is 0.408 e. The van der Waals surface area contributed by atoms with Crippen LogP contribution in [-0.4, -0.2) is 31.3 Å². The van der Waals surface area contributed by atoms with E-state index in [2.05, 4.69) is 25.0 Å². The van der Waals surface area contributed by atoms with E-state index < -0.39 is 26.2 Å². The molecule has 0 spiro atoms. The first-order valence-electron chi connectivity index (χ1n) is 6.48. The minimum atomic E-state index is -1.59. The molecular weight excluding hydrogens is 274 g/mol. The summed E-state index contributed by atoms with van der Waals surface area (Å²) in [5.74, 6) is -1.02. The molecule has 1 rings (SSSR count). The zero-order chi connectivity index (χ0) is 15.2. The van der Waals surface area contributed by atoms with Gasteiger partial charge in [-0.15, -0.1) is 0 Å². The highest BCUT2D eigenvalue weighted by Gasteiger charge is 2.27. The Hall–Kier alpha value is -1.82. The van der Waals surface area contributed by atoms with Crippen molar-refractivity contribution in [1.29, 1.82) is 0 Å². The Morgan fingerprint density at radius 3 is 2.35 bits per heavy atom. The fraction of sp³-hybridized carbons (Fsp3) is 0.429. The SMILES string of the molecule is C[Si](C)(C)C[C@@H](NC(=O)OCc1ccccc1)C(=O)O. The molecule has 20 heavy (non-hydrogen) atoms. The summed E-state index contributed by atoms with van der Waals surface area (Å²) in [4.78, 5) is 22.8. The number of rotatable bonds is 6. The van der Waals surface area contributed by atoms with Gasteiger partial charge in [0.05, 0.1) is 0 Å². The third kappa shape index (κ3) is 6.37. The summed E-state index contributed by atoms with van der Waals surface area (Å²) < 4.78 is 5.03. The highest BCUT2D eigenvalue weighted by atomic mass is 28.3. The molecule has 110 valence electrons. The van der Waals surface area contributed by atoms with Crippen LogP contribution in [0.2, 0.25) is 25.7 Å². The van der Waals surface area contributed by atoms with Gasteiger partial charge >= 0.3 is 12.1 Å². The molecule has 0 aromatic heterocycles. The quantitative estimate of drug-likeness (QED) is 0.791. The largest absolute Gasteiger partial charge is 0.480 e. The molecule has 2 N–H and O–H groups in total. The lowest BCUT2D eigenvalue weighted by atomic mass is 10.2. The minimum absolute atomic E-state index is 0.131. The van der Waals surface area contributed by atoms with E-state index in [1.165, 1.54) is 0 Å². The van der Waals surface area contributed by atoms with Gasteiger partial charge in [0.2, 0.25) is 0 Å². The molecule has 6 heteroatoms. The van der Waals surface area contributed by atoms with E-state index >= 15 is 0 Å². The van der Waals surface area contributed by atoms with Crippen LogP contribution in [0.15, 0.2) is 30.3 Å². The predicted octanol–water partition coefficient (Wildman–Crippen LogP) is 2.70. The molecule has 0 aliphatic carbocycles. The molecule has 0 bridgehead atoms. The zero-order valence-electron chi connectivity index (χ0n) is 12.1. The van der Waals surface area contributed by atoms with Crippen molar-refractivity contribution in [3.63, 3.8) is 0 Å². The number of carboxylic acids is 1. The van der Waals surface area contributed by atoms with Gasteiger partial charge in [-0.3, -0.25) is 4.79 Å². The van der Waals surface area contributed by atoms with Crippen molar-refractivity contribution in [2.75, 3.05) is 0 Å². The van der Waals surface area contributed by atoms with E-state index in [0.717, 1.165) is 5.56 Å². The van der Waals surface area contributed by atoms with Gasteiger partial charge in [0.25, 0.3) is 0 Å². The van der Waals surface area contributed by atoms with Crippen LogP contribution < -0.4 is 5.32 Å². The number of amides is 1. The molecule has 5 nitrogen and oxygen atoms in total. The summed E-state index contributed by atoms with van der Waals surface area (Å²) in [7, 11) is -1.59. The molecule has 1 aromatic carbocycles. The average molecular weight is 295 g/mol. The Bertz CT molecular complexity index is 456. The number of carbonyl (C=O) groups excluding carboxylic acids is 1. The van der Waals surface area contributed by atoms with Crippen LogP contribution >= 0.6 is 0 Å². The standard InChI is InChI=1S/C14H21NO4Si/c1-20(2,3)10-12(13(16)17)15-14(18)19-9-11-7-5-4-6-8-11/h4-8,12H,9-10H2,1-3H3,(H,15,18)(H,16,17)/t12-/m1/s1. The number of nitrogens with one attached hydrogen (secondary N) is 1. The molecule has 1 atom stereocenters. The van der Waals surface area contributed by atoms with Crippen LogP contribution in [0.1, 0.15) is 5.56 Å². The monoisotopic (exact) mass is 295 g/mol. The van der Waals surface area contributed by atoms with Crippen molar-refractivity contribution >= 4 is 20.1 Å². The van der Waals surface area contributed by atoms with Crippen LogP contribution in [0.4, 0.5) is 4.79 Å². The van der Waals surface area contributed by atoms with Gasteiger partial charge in [0.15, 0.2) is 0 Å². The van der Waals surface area contributed by atoms with E-state index in [1.807, 2.05) is 30.3 Å². The fourth-order valence-corrected chi connectivity index (χ4v) is 3.22. The maximum atomic E-state index is 11.6. The smallest absolute Gasteiger partial charge is 0.408 e. The first kappa shape index (κ1) is 16.2. The Morgan fingerprint density at radius 2 is 1.85 bits per heavy atom. The van der Waals surface area contributed by atoms with Crippen molar-refractivity contribution in [2.24, 2.45) is 0 Å². The van der Waals surface area contributed by atoms with Crippen molar-refractivity contribution in [1.82, 2.24) is 5.32 Å². The van der Waals surface area contributed by atoms with Gasteiger partial charge in [-0.25, -0.2) is 4.79 Å². The van der Waals surface area contributed by atoms with E-state index in [9.17, 15) is 9.59 Å². The van der Waals surface area contributed by atoms with Gasteiger partial charge in [-0.1, -0.05) is 50.0 Å². The second-order valence-electron chi connectivity index (χ2n) is 5.86. The van der Waals surface area contributed by atoms with Gasteiger partial charge in [0, 0.05) is 8.07 Å². The lowest BCUT2D eigenvalue weighted by molar-refractivity contribution is -0.138. The number of carbonyl (C=O) groups is 2. The van der Waals surface area contributed by atoms with Crippen molar-refractivity contribution in [3.8, 4) is 0 Å². The lowest BCUT2D eigenvalue weighted by Crippen LogP contribution is -2.45. The normalized spacial score (nSPS) is 12.6. The molecule has 0 fully saturated rings. The first-order valence-corrected chi connectivity index (χ1v) is 10.2. The summed E-state index contributed by atoms with van der Waals surface area (Å²) in [6.07, 6.45) is -0.695. The van der Waals surface area contributed by atoms with Crippen LogP contribution in [0.5, 0.6) is 0 Å². The van der Waals surface area contributed by atoms with Crippen LogP contribution in [0.25, 0.3) is 0 Å². The average Bonchev–Trinajstić information content (AvgIpc) is 2.35. The topological polar surface area (TPSA) is 75.6 Å². The molecule has 1 amide bonds. The number of alkyl carbamates (subject to hydrolysis) is 1. The number of carboxylic acid groups (broad SMARTS) is 1. The van der Waals surface area contributed by atoms with E-state index in [-0.39, 0.29) is 6.61 Å². The third-order valence-corrected chi connectivity index (χ3v) is 4.25. The summed E-state index contributed by atoms with van der Waals surface area (Å²) in [6.45, 7) is 6.30. The second-order valence-corrected chi connectivity index (χ2v) is 11.4. The maximum absolute atomic E-state index is 11.6. The predicted molar refractivity (Wildman–Crippen MR) is 79.3 cm³/mol. The van der Waals surface area contributed by atoms with Gasteiger partial charge < -0.3 is 15.2 Å². The Balaban J connectivity index is 2.48. The first-order chi connectivity index (χ1) is 9.28. The summed E-state index contributed by atoms with van der Waals surface area (Å²) >= 11 is 0. The van der Waals surface area contributed by atoms with Gasteiger partial charge in [-0.2, -0.15) is 0 Å². The van der Waals surface area contributed by atoms with E-state index in [0.29, 0.717) is 6.04 Å². The van der Waals surface area contributed by atoms with Crippen molar-refractivity contribution in [3.05, 3.63) is 35.9 Å². The molecule has 0 aliphatic heterocycles. The highest BCUT2D eigenvalue weighted by Crippen LogP contribution is 2.12. The molecule has 0 aliphatic rings. The Labute approximate surface area is 120 Å². The van der Waals surface area contributed by atoms with Gasteiger partial charge in [-0.05, 0) is 11.6 Å². The molecule has 1 aromatic rings. The zero-order valence-corrected chi connectivity index (χ0v) is 13.1. The van der Waals surface area contributed by atoms with E-state index in [1.54, 1.807) is 0 Å². The van der Waals surface area contributed by atoms with Crippen LogP contribution in [-0.2, 0) is 16.1 Å². The number of benzene rings is 1. The number of hydrogen-bond acceptors (Lipinski definition) is 3.